The lowest BCUT2D eigenvalue weighted by Crippen LogP contribution is -2.27. The molecule has 106 valence electrons. The van der Waals surface area contributed by atoms with Gasteiger partial charge in [0.05, 0.1) is 11.0 Å². The van der Waals surface area contributed by atoms with Crippen LogP contribution < -0.4 is 0 Å². The van der Waals surface area contributed by atoms with Gasteiger partial charge in [-0.25, -0.2) is 0 Å². The third kappa shape index (κ3) is 4.67. The summed E-state index contributed by atoms with van der Waals surface area (Å²) < 4.78 is 5.43. The van der Waals surface area contributed by atoms with E-state index in [0.29, 0.717) is 6.42 Å². The zero-order chi connectivity index (χ0) is 14.7. The Balaban J connectivity index is 2.86. The molecule has 0 amide bonds. The summed E-state index contributed by atoms with van der Waals surface area (Å²) in [7, 11) is 1.71. The number of hydrogen-bond donors (Lipinski definition) is 1. The van der Waals surface area contributed by atoms with Gasteiger partial charge in [-0.1, -0.05) is 24.3 Å². The van der Waals surface area contributed by atoms with Crippen LogP contribution in [0.4, 0.5) is 0 Å². The third-order valence-electron chi connectivity index (χ3n) is 3.40. The molecule has 19 heavy (non-hydrogen) atoms. The molecule has 0 radical (unpaired) electrons. The lowest BCUT2D eigenvalue weighted by molar-refractivity contribution is -0.146. The van der Waals surface area contributed by atoms with Crippen LogP contribution in [-0.4, -0.2) is 23.8 Å². The molecule has 0 spiro atoms. The number of ether oxygens (including phenoxy) is 1. The van der Waals surface area contributed by atoms with Gasteiger partial charge >= 0.3 is 5.97 Å². The molecule has 0 saturated heterocycles. The van der Waals surface area contributed by atoms with Crippen molar-refractivity contribution in [2.24, 2.45) is 5.41 Å². The van der Waals surface area contributed by atoms with Crippen molar-refractivity contribution < 1.29 is 14.6 Å². The molecule has 1 N–H and O–H groups in total. The predicted octanol–water partition coefficient (Wildman–Crippen LogP) is 3.31. The van der Waals surface area contributed by atoms with Crippen LogP contribution in [0.25, 0.3) is 0 Å². The molecule has 0 fully saturated rings. The first kappa shape index (κ1) is 15.7. The molecule has 0 bridgehead atoms. The predicted molar refractivity (Wildman–Crippen MR) is 76.4 cm³/mol. The first-order valence-corrected chi connectivity index (χ1v) is 6.53. The second-order valence-corrected chi connectivity index (χ2v) is 6.33. The monoisotopic (exact) mass is 264 g/mol. The number of carboxylic acids is 1. The zero-order valence-corrected chi connectivity index (χ0v) is 12.5. The van der Waals surface area contributed by atoms with Crippen LogP contribution in [0.1, 0.15) is 38.8 Å². The molecule has 0 atom stereocenters. The number of hydrogen-bond acceptors (Lipinski definition) is 2. The Kier molecular flexibility index (Phi) is 4.75. The van der Waals surface area contributed by atoms with Gasteiger partial charge in [-0.3, -0.25) is 4.79 Å². The summed E-state index contributed by atoms with van der Waals surface area (Å²) in [6.07, 6.45) is 1.34. The summed E-state index contributed by atoms with van der Waals surface area (Å²) in [5, 5.41) is 9.18. The van der Waals surface area contributed by atoms with Crippen molar-refractivity contribution in [3.63, 3.8) is 0 Å². The van der Waals surface area contributed by atoms with Crippen molar-refractivity contribution in [2.75, 3.05) is 7.11 Å². The van der Waals surface area contributed by atoms with Crippen LogP contribution in [-0.2, 0) is 22.4 Å². The maximum Gasteiger partial charge on any atom is 0.309 e. The smallest absolute Gasteiger partial charge is 0.309 e. The van der Waals surface area contributed by atoms with Gasteiger partial charge in [0, 0.05) is 13.5 Å². The fraction of sp³-hybridized carbons (Fsp3) is 0.562. The molecule has 0 heterocycles. The number of carbonyl (C=O) groups is 1. The minimum absolute atomic E-state index is 0.207. The van der Waals surface area contributed by atoms with E-state index in [2.05, 4.69) is 12.1 Å². The van der Waals surface area contributed by atoms with Gasteiger partial charge in [0.2, 0.25) is 0 Å². The molecule has 3 nitrogen and oxygen atoms in total. The summed E-state index contributed by atoms with van der Waals surface area (Å²) >= 11 is 0. The average molecular weight is 264 g/mol. The van der Waals surface area contributed by atoms with E-state index in [0.717, 1.165) is 12.0 Å². The number of benzene rings is 1. The Bertz CT molecular complexity index is 447. The second kappa shape index (κ2) is 5.74. The van der Waals surface area contributed by atoms with E-state index >= 15 is 0 Å². The summed E-state index contributed by atoms with van der Waals surface area (Å²) in [5.41, 5.74) is 1.28. The minimum Gasteiger partial charge on any atom is -0.481 e. The standard InChI is InChI=1S/C16H24O3/c1-15(2,14(17)18)10-12-7-6-8-13(9-12)11-16(3,4)19-5/h6-9H,10-11H2,1-5H3,(H,17,18). The highest BCUT2D eigenvalue weighted by atomic mass is 16.5. The quantitative estimate of drug-likeness (QED) is 0.857. The molecule has 1 rings (SSSR count). The summed E-state index contributed by atoms with van der Waals surface area (Å²) in [6.45, 7) is 7.59. The first-order valence-electron chi connectivity index (χ1n) is 6.53. The molecular weight excluding hydrogens is 240 g/mol. The van der Waals surface area contributed by atoms with Crippen LogP contribution in [0.2, 0.25) is 0 Å². The molecule has 1 aromatic carbocycles. The van der Waals surface area contributed by atoms with Gasteiger partial charge < -0.3 is 9.84 Å². The van der Waals surface area contributed by atoms with Gasteiger partial charge in [0.1, 0.15) is 0 Å². The van der Waals surface area contributed by atoms with Crippen LogP contribution in [0, 0.1) is 5.41 Å². The topological polar surface area (TPSA) is 46.5 Å². The summed E-state index contributed by atoms with van der Waals surface area (Å²) in [5.74, 6) is -0.768. The fourth-order valence-corrected chi connectivity index (χ4v) is 2.00. The van der Waals surface area contributed by atoms with Gasteiger partial charge in [0.25, 0.3) is 0 Å². The van der Waals surface area contributed by atoms with Crippen molar-refractivity contribution in [2.45, 2.75) is 46.1 Å². The Morgan fingerprint density at radius 3 is 2.16 bits per heavy atom. The molecule has 0 aliphatic heterocycles. The fourth-order valence-electron chi connectivity index (χ4n) is 2.00. The first-order chi connectivity index (χ1) is 8.66. The highest BCUT2D eigenvalue weighted by Gasteiger charge is 2.27. The summed E-state index contributed by atoms with van der Waals surface area (Å²) in [6, 6.07) is 8.09. The summed E-state index contributed by atoms with van der Waals surface area (Å²) in [4.78, 5) is 11.2. The van der Waals surface area contributed by atoms with E-state index in [1.54, 1.807) is 21.0 Å². The van der Waals surface area contributed by atoms with Gasteiger partial charge in [-0.2, -0.15) is 0 Å². The lowest BCUT2D eigenvalue weighted by Gasteiger charge is -2.24. The second-order valence-electron chi connectivity index (χ2n) is 6.33. The number of aliphatic carboxylic acids is 1. The zero-order valence-electron chi connectivity index (χ0n) is 12.5. The van der Waals surface area contributed by atoms with E-state index in [9.17, 15) is 9.90 Å². The number of rotatable bonds is 6. The highest BCUT2D eigenvalue weighted by molar-refractivity contribution is 5.74. The normalized spacial score (nSPS) is 12.5. The molecule has 0 saturated carbocycles. The van der Waals surface area contributed by atoms with E-state index in [1.165, 1.54) is 5.56 Å². The molecule has 1 aromatic rings. The van der Waals surface area contributed by atoms with Crippen molar-refractivity contribution in [3.05, 3.63) is 35.4 Å². The molecule has 0 aliphatic carbocycles. The molecule has 0 aromatic heterocycles. The van der Waals surface area contributed by atoms with E-state index in [-0.39, 0.29) is 5.60 Å². The van der Waals surface area contributed by atoms with Crippen molar-refractivity contribution in [1.82, 2.24) is 0 Å². The van der Waals surface area contributed by atoms with Crippen LogP contribution in [0.5, 0.6) is 0 Å². The Morgan fingerprint density at radius 2 is 1.68 bits per heavy atom. The maximum atomic E-state index is 11.2. The lowest BCUT2D eigenvalue weighted by atomic mass is 9.85. The Hall–Kier alpha value is -1.35. The van der Waals surface area contributed by atoms with Gasteiger partial charge in [-0.05, 0) is 45.2 Å². The minimum atomic E-state index is -0.768. The van der Waals surface area contributed by atoms with E-state index in [4.69, 9.17) is 4.74 Å². The molecule has 0 aliphatic rings. The Labute approximate surface area is 115 Å². The SMILES string of the molecule is COC(C)(C)Cc1cccc(CC(C)(C)C(=O)O)c1. The number of methoxy groups -OCH3 is 1. The molecular formula is C16H24O3. The Morgan fingerprint density at radius 1 is 1.16 bits per heavy atom. The molecule has 0 unspecified atom stereocenters. The third-order valence-corrected chi connectivity index (χ3v) is 3.40. The highest BCUT2D eigenvalue weighted by Crippen LogP contribution is 2.24. The number of carboxylic acid groups (broad SMARTS) is 1. The molecule has 3 heteroatoms. The van der Waals surface area contributed by atoms with Crippen molar-refractivity contribution >= 4 is 5.97 Å². The van der Waals surface area contributed by atoms with Crippen LogP contribution in [0.3, 0.4) is 0 Å². The maximum absolute atomic E-state index is 11.2. The van der Waals surface area contributed by atoms with Gasteiger partial charge in [0.15, 0.2) is 0 Å². The van der Waals surface area contributed by atoms with Crippen molar-refractivity contribution in [1.29, 1.82) is 0 Å². The van der Waals surface area contributed by atoms with Crippen molar-refractivity contribution in [3.8, 4) is 0 Å². The average Bonchev–Trinajstić information content (AvgIpc) is 2.28. The van der Waals surface area contributed by atoms with Crippen LogP contribution >= 0.6 is 0 Å². The van der Waals surface area contributed by atoms with E-state index < -0.39 is 11.4 Å². The van der Waals surface area contributed by atoms with Crippen LogP contribution in [0.15, 0.2) is 24.3 Å². The van der Waals surface area contributed by atoms with Gasteiger partial charge in [-0.15, -0.1) is 0 Å². The van der Waals surface area contributed by atoms with E-state index in [1.807, 2.05) is 26.0 Å². The largest absolute Gasteiger partial charge is 0.481 e.